The number of aromatic nitrogens is 1. The van der Waals surface area contributed by atoms with Gasteiger partial charge >= 0.3 is 0 Å². The normalized spacial score (nSPS) is 10.9. The molecule has 0 aliphatic heterocycles. The molecule has 0 radical (unpaired) electrons. The lowest BCUT2D eigenvalue weighted by molar-refractivity contribution is 0.0985. The molecule has 1 amide bonds. The fourth-order valence-electron chi connectivity index (χ4n) is 2.64. The van der Waals surface area contributed by atoms with Gasteiger partial charge in [-0.25, -0.2) is 9.37 Å². The minimum absolute atomic E-state index is 0. The Bertz CT molecular complexity index is 948. The topological polar surface area (TPSA) is 36.4 Å². The molecule has 1 heterocycles. The highest BCUT2D eigenvalue weighted by Crippen LogP contribution is 2.31. The van der Waals surface area contributed by atoms with Crippen LogP contribution in [0.3, 0.4) is 0 Å². The molecule has 3 aromatic rings. The van der Waals surface area contributed by atoms with Crippen molar-refractivity contribution in [3.63, 3.8) is 0 Å². The molecule has 2 aromatic carbocycles. The molecular weight excluding hydrogens is 417 g/mol. The van der Waals surface area contributed by atoms with Crippen molar-refractivity contribution in [1.29, 1.82) is 0 Å². The van der Waals surface area contributed by atoms with Crippen molar-refractivity contribution < 1.29 is 9.18 Å². The Balaban J connectivity index is 0.00000280. The molecule has 150 valence electrons. The van der Waals surface area contributed by atoms with Crippen molar-refractivity contribution in [3.05, 3.63) is 53.8 Å². The first-order chi connectivity index (χ1) is 13.0. The lowest BCUT2D eigenvalue weighted by atomic mass is 10.2. The molecule has 0 bridgehead atoms. The van der Waals surface area contributed by atoms with Crippen LogP contribution in [0.5, 0.6) is 0 Å². The van der Waals surface area contributed by atoms with E-state index in [1.165, 1.54) is 17.4 Å². The first-order valence-corrected chi connectivity index (χ1v) is 10.5. The lowest BCUT2D eigenvalue weighted by Gasteiger charge is -2.22. The van der Waals surface area contributed by atoms with Crippen molar-refractivity contribution in [2.75, 3.05) is 37.8 Å². The highest BCUT2D eigenvalue weighted by Gasteiger charge is 2.22. The van der Waals surface area contributed by atoms with E-state index in [2.05, 4.69) is 11.9 Å². The van der Waals surface area contributed by atoms with Crippen LogP contribution < -0.4 is 4.90 Å². The number of para-hydroxylation sites is 1. The number of carbonyl (C=O) groups excluding carboxylic acids is 1. The molecule has 0 aliphatic carbocycles. The zero-order valence-electron chi connectivity index (χ0n) is 16.0. The molecule has 0 N–H and O–H groups in total. The van der Waals surface area contributed by atoms with Crippen LogP contribution in [0.2, 0.25) is 0 Å². The number of hydrogen-bond acceptors (Lipinski definition) is 5. The number of anilines is 1. The van der Waals surface area contributed by atoms with Crippen molar-refractivity contribution in [3.8, 4) is 0 Å². The summed E-state index contributed by atoms with van der Waals surface area (Å²) in [6, 6.07) is 12.5. The van der Waals surface area contributed by atoms with Crippen LogP contribution in [0.25, 0.3) is 10.2 Å². The molecular formula is C20H23ClFN3OS2. The average molecular weight is 440 g/mol. The van der Waals surface area contributed by atoms with Crippen molar-refractivity contribution in [2.45, 2.75) is 11.8 Å². The van der Waals surface area contributed by atoms with E-state index >= 15 is 0 Å². The number of benzene rings is 2. The quantitative estimate of drug-likeness (QED) is 0.475. The summed E-state index contributed by atoms with van der Waals surface area (Å²) in [7, 11) is 3.92. The molecule has 0 fully saturated rings. The van der Waals surface area contributed by atoms with Crippen molar-refractivity contribution in [1.82, 2.24) is 9.88 Å². The van der Waals surface area contributed by atoms with Gasteiger partial charge in [0.1, 0.15) is 11.3 Å². The standard InChI is InChI=1S/C20H22FN3OS2.ClH/c1-4-26-15-8-5-7-14(13-15)19(25)24(12-11-23(2)3)20-22-18-16(21)9-6-10-17(18)27-20;/h5-10,13H,4,11-12H2,1-3H3;1H. The Morgan fingerprint density at radius 2 is 1.93 bits per heavy atom. The van der Waals surface area contributed by atoms with Crippen LogP contribution in [-0.4, -0.2) is 48.7 Å². The summed E-state index contributed by atoms with van der Waals surface area (Å²) >= 11 is 3.04. The van der Waals surface area contributed by atoms with Gasteiger partial charge in [0.15, 0.2) is 5.13 Å². The largest absolute Gasteiger partial charge is 0.308 e. The number of thiazole rings is 1. The predicted octanol–water partition coefficient (Wildman–Crippen LogP) is 5.18. The van der Waals surface area contributed by atoms with Gasteiger partial charge in [-0.1, -0.05) is 30.4 Å². The van der Waals surface area contributed by atoms with E-state index in [9.17, 15) is 9.18 Å². The van der Waals surface area contributed by atoms with E-state index < -0.39 is 0 Å². The molecule has 0 aliphatic rings. The number of halogens is 2. The minimum atomic E-state index is -0.364. The average Bonchev–Trinajstić information content (AvgIpc) is 3.07. The Morgan fingerprint density at radius 3 is 2.61 bits per heavy atom. The van der Waals surface area contributed by atoms with E-state index in [0.717, 1.165) is 15.3 Å². The second-order valence-corrected chi connectivity index (χ2v) is 8.65. The Hall–Kier alpha value is -1.67. The Labute approximate surface area is 179 Å². The van der Waals surface area contributed by atoms with Crippen LogP contribution >= 0.6 is 35.5 Å². The number of carbonyl (C=O) groups is 1. The third kappa shape index (κ3) is 5.23. The number of amides is 1. The molecule has 28 heavy (non-hydrogen) atoms. The highest BCUT2D eigenvalue weighted by molar-refractivity contribution is 7.99. The van der Waals surface area contributed by atoms with E-state index in [-0.39, 0.29) is 24.1 Å². The van der Waals surface area contributed by atoms with Gasteiger partial charge < -0.3 is 4.90 Å². The first kappa shape index (κ1) is 22.6. The zero-order chi connectivity index (χ0) is 19.4. The molecule has 3 rings (SSSR count). The van der Waals surface area contributed by atoms with Gasteiger partial charge in [0.05, 0.1) is 4.70 Å². The number of thioether (sulfide) groups is 1. The number of hydrogen-bond donors (Lipinski definition) is 0. The van der Waals surface area contributed by atoms with E-state index in [1.807, 2.05) is 49.3 Å². The van der Waals surface area contributed by atoms with Crippen LogP contribution in [0.15, 0.2) is 47.4 Å². The van der Waals surface area contributed by atoms with Gasteiger partial charge in [0.25, 0.3) is 5.91 Å². The minimum Gasteiger partial charge on any atom is -0.308 e. The third-order valence-electron chi connectivity index (χ3n) is 4.00. The first-order valence-electron chi connectivity index (χ1n) is 8.74. The van der Waals surface area contributed by atoms with Gasteiger partial charge in [-0.15, -0.1) is 24.2 Å². The molecule has 0 saturated heterocycles. The number of nitrogens with zero attached hydrogens (tertiary/aromatic N) is 3. The fourth-order valence-corrected chi connectivity index (χ4v) is 4.37. The summed E-state index contributed by atoms with van der Waals surface area (Å²) in [5, 5.41) is 0.524. The van der Waals surface area contributed by atoms with Crippen molar-refractivity contribution in [2.24, 2.45) is 0 Å². The summed E-state index contributed by atoms with van der Waals surface area (Å²) in [6.45, 7) is 3.25. The smallest absolute Gasteiger partial charge is 0.260 e. The summed E-state index contributed by atoms with van der Waals surface area (Å²) in [4.78, 5) is 22.4. The highest BCUT2D eigenvalue weighted by atomic mass is 35.5. The van der Waals surface area contributed by atoms with Gasteiger partial charge in [-0.2, -0.15) is 0 Å². The Morgan fingerprint density at radius 1 is 1.18 bits per heavy atom. The van der Waals surface area contributed by atoms with Crippen LogP contribution in [0.4, 0.5) is 9.52 Å². The van der Waals surface area contributed by atoms with E-state index in [1.54, 1.807) is 22.7 Å². The van der Waals surface area contributed by atoms with Crippen LogP contribution in [-0.2, 0) is 0 Å². The van der Waals surface area contributed by atoms with Gasteiger partial charge in [0.2, 0.25) is 0 Å². The Kier molecular flexibility index (Phi) is 8.24. The van der Waals surface area contributed by atoms with E-state index in [0.29, 0.717) is 29.3 Å². The van der Waals surface area contributed by atoms with Gasteiger partial charge in [-0.3, -0.25) is 9.69 Å². The maximum absolute atomic E-state index is 14.1. The summed E-state index contributed by atoms with van der Waals surface area (Å²) in [6.07, 6.45) is 0. The predicted molar refractivity (Wildman–Crippen MR) is 120 cm³/mol. The molecule has 8 heteroatoms. The SMILES string of the molecule is CCSc1cccc(C(=O)N(CCN(C)C)c2nc3c(F)cccc3s2)c1.Cl. The number of fused-ring (bicyclic) bond motifs is 1. The molecule has 0 atom stereocenters. The number of likely N-dealkylation sites (N-methyl/N-ethyl adjacent to an activating group) is 1. The second kappa shape index (κ2) is 10.2. The maximum Gasteiger partial charge on any atom is 0.260 e. The van der Waals surface area contributed by atoms with Gasteiger partial charge in [-0.05, 0) is 50.2 Å². The summed E-state index contributed by atoms with van der Waals surface area (Å²) in [5.74, 6) is 0.463. The third-order valence-corrected chi connectivity index (χ3v) is 5.92. The second-order valence-electron chi connectivity index (χ2n) is 6.30. The van der Waals surface area contributed by atoms with Crippen LogP contribution in [0, 0.1) is 5.82 Å². The summed E-state index contributed by atoms with van der Waals surface area (Å²) < 4.78 is 14.8. The maximum atomic E-state index is 14.1. The lowest BCUT2D eigenvalue weighted by Crippen LogP contribution is -2.36. The molecule has 0 saturated carbocycles. The van der Waals surface area contributed by atoms with Crippen molar-refractivity contribution >= 4 is 56.8 Å². The molecule has 0 spiro atoms. The monoisotopic (exact) mass is 439 g/mol. The number of rotatable bonds is 7. The molecule has 4 nitrogen and oxygen atoms in total. The summed E-state index contributed by atoms with van der Waals surface area (Å²) in [5.41, 5.74) is 0.933. The molecule has 0 unspecified atom stereocenters. The fraction of sp³-hybridized carbons (Fsp3) is 0.300. The molecule has 1 aromatic heterocycles. The zero-order valence-corrected chi connectivity index (χ0v) is 18.5. The van der Waals surface area contributed by atoms with E-state index in [4.69, 9.17) is 0 Å². The van der Waals surface area contributed by atoms with Gasteiger partial charge in [0, 0.05) is 23.5 Å². The van der Waals surface area contributed by atoms with Crippen LogP contribution in [0.1, 0.15) is 17.3 Å².